The van der Waals surface area contributed by atoms with Gasteiger partial charge in [-0.05, 0) is 79.3 Å². The van der Waals surface area contributed by atoms with Gasteiger partial charge in [0.2, 0.25) is 15.9 Å². The van der Waals surface area contributed by atoms with Gasteiger partial charge < -0.3 is 4.90 Å². The van der Waals surface area contributed by atoms with Crippen molar-refractivity contribution in [2.75, 3.05) is 19.6 Å². The fourth-order valence-electron chi connectivity index (χ4n) is 5.41. The summed E-state index contributed by atoms with van der Waals surface area (Å²) in [6.45, 7) is 12.3. The van der Waals surface area contributed by atoms with E-state index in [1.807, 2.05) is 63.8 Å². The number of hydrogen-bond acceptors (Lipinski definition) is 4. The minimum absolute atomic E-state index is 0.0793. The molecule has 2 aromatic carbocycles. The van der Waals surface area contributed by atoms with Crippen LogP contribution in [0.2, 0.25) is 0 Å². The molecule has 3 aromatic rings. The first-order valence-corrected chi connectivity index (χ1v) is 14.8. The molecule has 0 aliphatic carbocycles. The molecule has 1 unspecified atom stereocenters. The first kappa shape index (κ1) is 26.6. The van der Waals surface area contributed by atoms with E-state index < -0.39 is 10.0 Å². The minimum atomic E-state index is -3.86. The highest BCUT2D eigenvalue weighted by molar-refractivity contribution is 7.89. The summed E-state index contributed by atoms with van der Waals surface area (Å²) in [5.74, 6) is -0.0811. The van der Waals surface area contributed by atoms with Gasteiger partial charge in [0.1, 0.15) is 0 Å². The smallest absolute Gasteiger partial charge is 0.244 e. The van der Waals surface area contributed by atoms with E-state index in [4.69, 9.17) is 0 Å². The maximum Gasteiger partial charge on any atom is 0.244 e. The molecule has 0 saturated carbocycles. The number of hydrogen-bond donors (Lipinski definition) is 0. The molecule has 1 aliphatic heterocycles. The first-order valence-electron chi connectivity index (χ1n) is 12.5. The highest BCUT2D eigenvalue weighted by Gasteiger charge is 2.37. The number of sulfonamides is 1. The second-order valence-corrected chi connectivity index (χ2v) is 13.2. The van der Waals surface area contributed by atoms with E-state index in [9.17, 15) is 13.2 Å². The number of benzene rings is 2. The average Bonchev–Trinajstić information content (AvgIpc) is 3.26. The Bertz CT molecular complexity index is 1350. The molecule has 36 heavy (non-hydrogen) atoms. The van der Waals surface area contributed by atoms with Crippen LogP contribution < -0.4 is 0 Å². The number of thiophene rings is 1. The van der Waals surface area contributed by atoms with E-state index >= 15 is 0 Å². The molecular formula is C29H36N2O3S2. The van der Waals surface area contributed by atoms with Crippen LogP contribution in [0.4, 0.5) is 0 Å². The van der Waals surface area contributed by atoms with E-state index in [1.165, 1.54) is 9.18 Å². The Labute approximate surface area is 219 Å². The molecule has 0 fully saturated rings. The maximum absolute atomic E-state index is 14.0. The average molecular weight is 525 g/mol. The topological polar surface area (TPSA) is 57.7 Å². The third kappa shape index (κ3) is 5.15. The van der Waals surface area contributed by atoms with E-state index in [-0.39, 0.29) is 31.0 Å². The zero-order valence-corrected chi connectivity index (χ0v) is 23.7. The molecule has 0 radical (unpaired) electrons. The van der Waals surface area contributed by atoms with Crippen LogP contribution >= 0.6 is 11.3 Å². The standard InChI is InChI=1S/C29H36N2O3S2/c1-19(2)17-30(36(33,34)29-22(5)15-20(3)16-23(29)6)18-27(32)31-13-11-26-25(12-14-35-26)28(31)24-10-8-7-9-21(24)4/h7-10,12,14-16,19,28H,11,13,17-18H2,1-6H3. The summed E-state index contributed by atoms with van der Waals surface area (Å²) in [7, 11) is -3.86. The molecule has 1 aliphatic rings. The molecular weight excluding hydrogens is 488 g/mol. The van der Waals surface area contributed by atoms with Gasteiger partial charge in [-0.1, -0.05) is 55.8 Å². The van der Waals surface area contributed by atoms with E-state index in [2.05, 4.69) is 30.5 Å². The number of fused-ring (bicyclic) bond motifs is 1. The quantitative estimate of drug-likeness (QED) is 0.392. The number of carbonyl (C=O) groups is 1. The number of rotatable bonds is 7. The van der Waals surface area contributed by atoms with Crippen molar-refractivity contribution in [1.82, 2.24) is 9.21 Å². The molecule has 192 valence electrons. The lowest BCUT2D eigenvalue weighted by Gasteiger charge is -2.38. The molecule has 4 rings (SSSR count). The third-order valence-electron chi connectivity index (χ3n) is 6.85. The SMILES string of the molecule is Cc1cc(C)c(S(=O)(=O)N(CC(=O)N2CCc3sccc3C2c2ccccc2C)CC(C)C)c(C)c1. The third-order valence-corrected chi connectivity index (χ3v) is 9.97. The van der Waals surface area contributed by atoms with Crippen LogP contribution in [0.1, 0.15) is 58.1 Å². The van der Waals surface area contributed by atoms with Gasteiger partial charge >= 0.3 is 0 Å². The van der Waals surface area contributed by atoms with Crippen molar-refractivity contribution in [2.45, 2.75) is 58.9 Å². The molecule has 0 saturated heterocycles. The van der Waals surface area contributed by atoms with Gasteiger partial charge in [-0.2, -0.15) is 4.31 Å². The van der Waals surface area contributed by atoms with Crippen LogP contribution in [0.5, 0.6) is 0 Å². The van der Waals surface area contributed by atoms with Crippen LogP contribution in [0.25, 0.3) is 0 Å². The van der Waals surface area contributed by atoms with Crippen molar-refractivity contribution >= 4 is 27.3 Å². The van der Waals surface area contributed by atoms with Gasteiger partial charge in [-0.15, -0.1) is 11.3 Å². The molecule has 0 spiro atoms. The van der Waals surface area contributed by atoms with E-state index in [0.29, 0.717) is 22.6 Å². The van der Waals surface area contributed by atoms with E-state index in [0.717, 1.165) is 28.7 Å². The number of nitrogens with zero attached hydrogens (tertiary/aromatic N) is 2. The lowest BCUT2D eigenvalue weighted by Crippen LogP contribution is -2.47. The number of amides is 1. The zero-order valence-electron chi connectivity index (χ0n) is 22.0. The summed E-state index contributed by atoms with van der Waals surface area (Å²) in [5, 5.41) is 2.09. The monoisotopic (exact) mass is 524 g/mol. The summed E-state index contributed by atoms with van der Waals surface area (Å²) in [5.41, 5.74) is 5.82. The molecule has 2 heterocycles. The van der Waals surface area contributed by atoms with Crippen LogP contribution in [0.15, 0.2) is 52.7 Å². The van der Waals surface area contributed by atoms with Crippen molar-refractivity contribution in [3.8, 4) is 0 Å². The van der Waals surface area contributed by atoms with Crippen LogP contribution in [0.3, 0.4) is 0 Å². The van der Waals surface area contributed by atoms with Gasteiger partial charge in [-0.3, -0.25) is 4.79 Å². The molecule has 1 atom stereocenters. The van der Waals surface area contributed by atoms with Gasteiger partial charge in [-0.25, -0.2) is 8.42 Å². The molecule has 7 heteroatoms. The van der Waals surface area contributed by atoms with Gasteiger partial charge in [0, 0.05) is 18.0 Å². The molecule has 0 bridgehead atoms. The van der Waals surface area contributed by atoms with Crippen LogP contribution in [0, 0.1) is 33.6 Å². The Morgan fingerprint density at radius 1 is 1.03 bits per heavy atom. The Morgan fingerprint density at radius 2 is 1.69 bits per heavy atom. The van der Waals surface area contributed by atoms with Crippen LogP contribution in [-0.4, -0.2) is 43.2 Å². The summed E-state index contributed by atoms with van der Waals surface area (Å²) in [6, 6.07) is 13.8. The lowest BCUT2D eigenvalue weighted by molar-refractivity contribution is -0.133. The first-order chi connectivity index (χ1) is 17.0. The second-order valence-electron chi connectivity index (χ2n) is 10.3. The van der Waals surface area contributed by atoms with Gasteiger partial charge in [0.05, 0.1) is 17.5 Å². The summed E-state index contributed by atoms with van der Waals surface area (Å²) in [6.07, 6.45) is 0.786. The van der Waals surface area contributed by atoms with Crippen molar-refractivity contribution in [2.24, 2.45) is 5.92 Å². The summed E-state index contributed by atoms with van der Waals surface area (Å²) < 4.78 is 29.3. The Kier molecular flexibility index (Phi) is 7.74. The molecule has 5 nitrogen and oxygen atoms in total. The Hall–Kier alpha value is -2.48. The molecule has 1 amide bonds. The normalized spacial score (nSPS) is 16.0. The minimum Gasteiger partial charge on any atom is -0.330 e. The fourth-order valence-corrected chi connectivity index (χ4v) is 8.28. The molecule has 1 aromatic heterocycles. The maximum atomic E-state index is 14.0. The number of carbonyl (C=O) groups excluding carboxylic acids is 1. The predicted octanol–water partition coefficient (Wildman–Crippen LogP) is 5.80. The van der Waals surface area contributed by atoms with Crippen molar-refractivity contribution in [1.29, 1.82) is 0 Å². The predicted molar refractivity (Wildman–Crippen MR) is 147 cm³/mol. The van der Waals surface area contributed by atoms with Crippen LogP contribution in [-0.2, 0) is 21.2 Å². The largest absolute Gasteiger partial charge is 0.330 e. The second kappa shape index (κ2) is 10.5. The lowest BCUT2D eigenvalue weighted by atomic mass is 9.90. The fraction of sp³-hybridized carbons (Fsp3) is 0.414. The van der Waals surface area contributed by atoms with Crippen molar-refractivity contribution in [3.05, 3.63) is 86.1 Å². The summed E-state index contributed by atoms with van der Waals surface area (Å²) in [4.78, 5) is 17.4. The zero-order chi connectivity index (χ0) is 26.2. The Balaban J connectivity index is 1.72. The van der Waals surface area contributed by atoms with Crippen molar-refractivity contribution < 1.29 is 13.2 Å². The van der Waals surface area contributed by atoms with Crippen molar-refractivity contribution in [3.63, 3.8) is 0 Å². The Morgan fingerprint density at radius 3 is 2.33 bits per heavy atom. The number of aryl methyl sites for hydroxylation is 4. The molecule has 0 N–H and O–H groups in total. The van der Waals surface area contributed by atoms with E-state index in [1.54, 1.807) is 11.3 Å². The van der Waals surface area contributed by atoms with Gasteiger partial charge in [0.15, 0.2) is 0 Å². The highest BCUT2D eigenvalue weighted by Crippen LogP contribution is 2.39. The summed E-state index contributed by atoms with van der Waals surface area (Å²) >= 11 is 1.73. The highest BCUT2D eigenvalue weighted by atomic mass is 32.2. The van der Waals surface area contributed by atoms with Gasteiger partial charge in [0.25, 0.3) is 0 Å².